The predicted octanol–water partition coefficient (Wildman–Crippen LogP) is 2.15. The van der Waals surface area contributed by atoms with Gasteiger partial charge in [0.2, 0.25) is 0 Å². The fraction of sp³-hybridized carbons (Fsp3) is 0.632. The van der Waals surface area contributed by atoms with E-state index in [9.17, 15) is 8.78 Å². The lowest BCUT2D eigenvalue weighted by Crippen LogP contribution is -2.44. The molecule has 1 fully saturated rings. The lowest BCUT2D eigenvalue weighted by molar-refractivity contribution is 0.0689. The summed E-state index contributed by atoms with van der Waals surface area (Å²) in [6, 6.07) is 3.88. The van der Waals surface area contributed by atoms with Crippen LogP contribution in [0.25, 0.3) is 0 Å². The molecule has 1 atom stereocenters. The van der Waals surface area contributed by atoms with Crippen molar-refractivity contribution >= 4 is 11.6 Å². The number of rotatable bonds is 10. The van der Waals surface area contributed by atoms with Crippen molar-refractivity contribution in [2.75, 3.05) is 58.5 Å². The van der Waals surface area contributed by atoms with E-state index in [2.05, 4.69) is 15.6 Å². The molecular formula is C19H30F2N4O2. The number of halogens is 2. The number of hydrogen-bond acceptors (Lipinski definition) is 4. The zero-order valence-electron chi connectivity index (χ0n) is 16.1. The van der Waals surface area contributed by atoms with Crippen LogP contribution in [0.15, 0.2) is 23.2 Å². The molecular weight excluding hydrogens is 354 g/mol. The smallest absolute Gasteiger partial charge is 0.191 e. The van der Waals surface area contributed by atoms with Gasteiger partial charge >= 0.3 is 0 Å². The molecule has 2 N–H and O–H groups in total. The van der Waals surface area contributed by atoms with Crippen LogP contribution in [0.2, 0.25) is 0 Å². The van der Waals surface area contributed by atoms with Gasteiger partial charge in [0.05, 0.1) is 18.9 Å². The molecule has 152 valence electrons. The van der Waals surface area contributed by atoms with Gasteiger partial charge < -0.3 is 25.0 Å². The molecule has 6 nitrogen and oxygen atoms in total. The van der Waals surface area contributed by atoms with E-state index >= 15 is 0 Å². The molecule has 1 saturated heterocycles. The topological polar surface area (TPSA) is 58.1 Å². The number of hydrogen-bond donors (Lipinski definition) is 2. The van der Waals surface area contributed by atoms with Crippen LogP contribution in [-0.2, 0) is 9.47 Å². The van der Waals surface area contributed by atoms with Crippen LogP contribution in [0.1, 0.15) is 19.3 Å². The Balaban J connectivity index is 1.66. The summed E-state index contributed by atoms with van der Waals surface area (Å²) < 4.78 is 37.4. The highest BCUT2D eigenvalue weighted by atomic mass is 19.1. The van der Waals surface area contributed by atoms with Crippen LogP contribution in [0, 0.1) is 11.6 Å². The molecule has 8 heteroatoms. The quantitative estimate of drug-likeness (QED) is 0.368. The van der Waals surface area contributed by atoms with Crippen molar-refractivity contribution in [3.8, 4) is 0 Å². The summed E-state index contributed by atoms with van der Waals surface area (Å²) in [7, 11) is 3.39. The summed E-state index contributed by atoms with van der Waals surface area (Å²) in [6.07, 6.45) is 2.81. The Morgan fingerprint density at radius 1 is 1.26 bits per heavy atom. The molecule has 0 bridgehead atoms. The summed E-state index contributed by atoms with van der Waals surface area (Å²) in [4.78, 5) is 6.17. The zero-order chi connectivity index (χ0) is 19.5. The summed E-state index contributed by atoms with van der Waals surface area (Å²) in [5.74, 6) is -0.341. The normalized spacial score (nSPS) is 17.4. The highest BCUT2D eigenvalue weighted by Gasteiger charge is 2.25. The van der Waals surface area contributed by atoms with Crippen molar-refractivity contribution in [1.82, 2.24) is 10.6 Å². The third-order valence-corrected chi connectivity index (χ3v) is 4.44. The number of methoxy groups -OCH3 is 1. The molecule has 0 saturated carbocycles. The first-order valence-electron chi connectivity index (χ1n) is 9.38. The maximum atomic E-state index is 13.9. The molecule has 0 radical (unpaired) electrons. The number of ether oxygens (including phenoxy) is 2. The average Bonchev–Trinajstić information content (AvgIpc) is 3.11. The monoisotopic (exact) mass is 384 g/mol. The molecule has 0 spiro atoms. The number of aliphatic imine (C=N–C) groups is 1. The van der Waals surface area contributed by atoms with Gasteiger partial charge in [0.1, 0.15) is 11.6 Å². The fourth-order valence-electron chi connectivity index (χ4n) is 3.00. The summed E-state index contributed by atoms with van der Waals surface area (Å²) in [5, 5.41) is 6.66. The van der Waals surface area contributed by atoms with Crippen LogP contribution >= 0.6 is 0 Å². The second-order valence-electron chi connectivity index (χ2n) is 6.48. The third kappa shape index (κ3) is 7.30. The number of nitrogens with one attached hydrogen (secondary N) is 2. The molecule has 1 aromatic carbocycles. The Morgan fingerprint density at radius 3 is 2.85 bits per heavy atom. The first-order valence-corrected chi connectivity index (χ1v) is 9.38. The highest BCUT2D eigenvalue weighted by Crippen LogP contribution is 2.24. The standard InChI is InChI=1S/C19H30F2N4O2/c1-22-19(23-8-3-4-10-27-12-11-26-2)24-16-7-9-25(14-16)18-6-5-15(20)13-17(18)21/h5-6,13,16H,3-4,7-12,14H2,1-2H3,(H2,22,23,24). The van der Waals surface area contributed by atoms with Crippen molar-refractivity contribution in [2.24, 2.45) is 4.99 Å². The van der Waals surface area contributed by atoms with Gasteiger partial charge in [-0.25, -0.2) is 8.78 Å². The maximum absolute atomic E-state index is 13.9. The number of guanidine groups is 1. The van der Waals surface area contributed by atoms with E-state index in [0.29, 0.717) is 25.4 Å². The van der Waals surface area contributed by atoms with Gasteiger partial charge in [0.15, 0.2) is 5.96 Å². The van der Waals surface area contributed by atoms with Gasteiger partial charge in [-0.05, 0) is 31.4 Å². The zero-order valence-corrected chi connectivity index (χ0v) is 16.1. The number of unbranched alkanes of at least 4 members (excludes halogenated alkanes) is 1. The molecule has 27 heavy (non-hydrogen) atoms. The molecule has 1 unspecified atom stereocenters. The van der Waals surface area contributed by atoms with E-state index in [1.165, 1.54) is 12.1 Å². The van der Waals surface area contributed by atoms with E-state index in [1.54, 1.807) is 14.2 Å². The third-order valence-electron chi connectivity index (χ3n) is 4.44. The Morgan fingerprint density at radius 2 is 2.11 bits per heavy atom. The maximum Gasteiger partial charge on any atom is 0.191 e. The largest absolute Gasteiger partial charge is 0.382 e. The van der Waals surface area contributed by atoms with E-state index in [-0.39, 0.29) is 6.04 Å². The predicted molar refractivity (Wildman–Crippen MR) is 103 cm³/mol. The first kappa shape index (κ1) is 21.4. The van der Waals surface area contributed by atoms with Gasteiger partial charge in [-0.3, -0.25) is 4.99 Å². The fourth-order valence-corrected chi connectivity index (χ4v) is 3.00. The van der Waals surface area contributed by atoms with Crippen LogP contribution < -0.4 is 15.5 Å². The highest BCUT2D eigenvalue weighted by molar-refractivity contribution is 5.80. The van der Waals surface area contributed by atoms with Gasteiger partial charge in [-0.15, -0.1) is 0 Å². The van der Waals surface area contributed by atoms with Gasteiger partial charge in [-0.1, -0.05) is 0 Å². The minimum Gasteiger partial charge on any atom is -0.382 e. The van der Waals surface area contributed by atoms with Gasteiger partial charge in [-0.2, -0.15) is 0 Å². The Kier molecular flexibility index (Phi) is 9.27. The second-order valence-corrected chi connectivity index (χ2v) is 6.48. The van der Waals surface area contributed by atoms with Crippen LogP contribution in [0.5, 0.6) is 0 Å². The summed E-state index contributed by atoms with van der Waals surface area (Å²) in [6.45, 7) is 4.13. The minimum atomic E-state index is -0.557. The molecule has 0 amide bonds. The molecule has 1 aliphatic rings. The van der Waals surface area contributed by atoms with E-state index in [4.69, 9.17) is 9.47 Å². The number of benzene rings is 1. The van der Waals surface area contributed by atoms with E-state index in [0.717, 1.165) is 51.0 Å². The molecule has 1 aliphatic heterocycles. The minimum absolute atomic E-state index is 0.165. The lowest BCUT2D eigenvalue weighted by atomic mass is 10.2. The lowest BCUT2D eigenvalue weighted by Gasteiger charge is -2.21. The summed E-state index contributed by atoms with van der Waals surface area (Å²) >= 11 is 0. The average molecular weight is 384 g/mol. The van der Waals surface area contributed by atoms with Crippen molar-refractivity contribution < 1.29 is 18.3 Å². The number of nitrogens with zero attached hydrogens (tertiary/aromatic N) is 2. The second kappa shape index (κ2) is 11.7. The molecule has 0 aromatic heterocycles. The summed E-state index contributed by atoms with van der Waals surface area (Å²) in [5.41, 5.74) is 0.442. The van der Waals surface area contributed by atoms with Crippen molar-refractivity contribution in [3.63, 3.8) is 0 Å². The van der Waals surface area contributed by atoms with Gasteiger partial charge in [0.25, 0.3) is 0 Å². The Hall–Kier alpha value is -1.93. The van der Waals surface area contributed by atoms with Crippen LogP contribution in [-0.4, -0.2) is 65.6 Å². The SMILES string of the molecule is CN=C(NCCCCOCCOC)NC1CCN(c2ccc(F)cc2F)C1. The van der Waals surface area contributed by atoms with E-state index in [1.807, 2.05) is 4.90 Å². The first-order chi connectivity index (χ1) is 13.1. The molecule has 1 heterocycles. The molecule has 0 aliphatic carbocycles. The van der Waals surface area contributed by atoms with Crippen molar-refractivity contribution in [2.45, 2.75) is 25.3 Å². The van der Waals surface area contributed by atoms with Crippen LogP contribution in [0.3, 0.4) is 0 Å². The van der Waals surface area contributed by atoms with Crippen LogP contribution in [0.4, 0.5) is 14.5 Å². The Bertz CT molecular complexity index is 601. The molecule has 1 aromatic rings. The molecule has 2 rings (SSSR count). The van der Waals surface area contributed by atoms with E-state index < -0.39 is 11.6 Å². The van der Waals surface area contributed by atoms with Crippen molar-refractivity contribution in [3.05, 3.63) is 29.8 Å². The Labute approximate surface area is 159 Å². The van der Waals surface area contributed by atoms with Gasteiger partial charge in [0, 0.05) is 52.5 Å². The number of anilines is 1. The van der Waals surface area contributed by atoms with Crippen molar-refractivity contribution in [1.29, 1.82) is 0 Å².